The average Bonchev–Trinajstić information content (AvgIpc) is 2.58. The van der Waals surface area contributed by atoms with Gasteiger partial charge in [-0.1, -0.05) is 0 Å². The van der Waals surface area contributed by atoms with E-state index in [9.17, 15) is 4.79 Å². The highest BCUT2D eigenvalue weighted by Gasteiger charge is 2.10. The molecule has 0 saturated carbocycles. The standard InChI is InChI=1S/C17H10N2O4/c18-5-7-21-11-2-4-15-14(9-11)17(20)13-3-1-12(22-8-6-19)10-16(13)23-15/h1-4,9-10H,7-8H2. The molecule has 0 aliphatic heterocycles. The van der Waals surface area contributed by atoms with Crippen molar-refractivity contribution >= 4 is 21.9 Å². The van der Waals surface area contributed by atoms with Crippen LogP contribution in [0, 0.1) is 22.7 Å². The van der Waals surface area contributed by atoms with Crippen LogP contribution in [-0.4, -0.2) is 13.2 Å². The zero-order chi connectivity index (χ0) is 16.2. The molecule has 0 saturated heterocycles. The van der Waals surface area contributed by atoms with Crippen molar-refractivity contribution in [1.82, 2.24) is 0 Å². The summed E-state index contributed by atoms with van der Waals surface area (Å²) in [7, 11) is 0. The Labute approximate surface area is 130 Å². The Morgan fingerprint density at radius 3 is 2.22 bits per heavy atom. The minimum Gasteiger partial charge on any atom is -0.479 e. The minimum absolute atomic E-state index is 0.0804. The highest BCUT2D eigenvalue weighted by atomic mass is 16.5. The molecule has 0 aliphatic rings. The van der Waals surface area contributed by atoms with Gasteiger partial charge in [0.15, 0.2) is 13.2 Å². The summed E-state index contributed by atoms with van der Waals surface area (Å²) in [5, 5.41) is 17.8. The molecule has 0 fully saturated rings. The van der Waals surface area contributed by atoms with Crippen LogP contribution in [0.3, 0.4) is 0 Å². The van der Waals surface area contributed by atoms with Gasteiger partial charge in [0.1, 0.15) is 34.8 Å². The fraction of sp³-hybridized carbons (Fsp3) is 0.118. The van der Waals surface area contributed by atoms with Gasteiger partial charge in [-0.15, -0.1) is 0 Å². The fourth-order valence-electron chi connectivity index (χ4n) is 2.22. The molecular formula is C17H10N2O4. The third kappa shape index (κ3) is 2.78. The van der Waals surface area contributed by atoms with Gasteiger partial charge < -0.3 is 13.9 Å². The molecule has 3 rings (SSSR count). The fourth-order valence-corrected chi connectivity index (χ4v) is 2.22. The number of nitriles is 2. The number of hydrogen-bond acceptors (Lipinski definition) is 6. The van der Waals surface area contributed by atoms with E-state index in [0.29, 0.717) is 33.4 Å². The van der Waals surface area contributed by atoms with Gasteiger partial charge in [-0.3, -0.25) is 4.79 Å². The van der Waals surface area contributed by atoms with E-state index in [-0.39, 0.29) is 18.6 Å². The maximum atomic E-state index is 12.6. The van der Waals surface area contributed by atoms with Gasteiger partial charge in [0.25, 0.3) is 0 Å². The summed E-state index contributed by atoms with van der Waals surface area (Å²) in [4.78, 5) is 12.6. The Bertz CT molecular complexity index is 1020. The first-order valence-electron chi connectivity index (χ1n) is 6.73. The molecule has 0 N–H and O–H groups in total. The second-order valence-corrected chi connectivity index (χ2v) is 4.64. The van der Waals surface area contributed by atoms with Gasteiger partial charge in [-0.25, -0.2) is 0 Å². The van der Waals surface area contributed by atoms with E-state index in [0.717, 1.165) is 0 Å². The van der Waals surface area contributed by atoms with E-state index in [1.54, 1.807) is 36.4 Å². The number of nitrogens with zero attached hydrogens (tertiary/aromatic N) is 2. The maximum absolute atomic E-state index is 12.6. The number of benzene rings is 2. The maximum Gasteiger partial charge on any atom is 0.200 e. The first-order valence-corrected chi connectivity index (χ1v) is 6.73. The summed E-state index contributed by atoms with van der Waals surface area (Å²) < 4.78 is 16.1. The van der Waals surface area contributed by atoms with E-state index in [4.69, 9.17) is 24.4 Å². The molecule has 1 heterocycles. The van der Waals surface area contributed by atoms with Crippen LogP contribution in [0.5, 0.6) is 11.5 Å². The molecular weight excluding hydrogens is 296 g/mol. The van der Waals surface area contributed by atoms with Crippen LogP contribution in [0.15, 0.2) is 45.6 Å². The van der Waals surface area contributed by atoms with Crippen LogP contribution in [0.25, 0.3) is 21.9 Å². The van der Waals surface area contributed by atoms with Crippen LogP contribution in [0.4, 0.5) is 0 Å². The van der Waals surface area contributed by atoms with Crippen molar-refractivity contribution in [1.29, 1.82) is 10.5 Å². The number of hydrogen-bond donors (Lipinski definition) is 0. The lowest BCUT2D eigenvalue weighted by molar-refractivity contribution is 0.367. The van der Waals surface area contributed by atoms with Crippen LogP contribution < -0.4 is 14.9 Å². The highest BCUT2D eigenvalue weighted by molar-refractivity contribution is 5.90. The predicted molar refractivity (Wildman–Crippen MR) is 82.2 cm³/mol. The van der Waals surface area contributed by atoms with Crippen molar-refractivity contribution in [2.75, 3.05) is 13.2 Å². The van der Waals surface area contributed by atoms with E-state index < -0.39 is 0 Å². The highest BCUT2D eigenvalue weighted by Crippen LogP contribution is 2.25. The summed E-state index contributed by atoms with van der Waals surface area (Å²) in [6, 6.07) is 13.3. The van der Waals surface area contributed by atoms with Crippen molar-refractivity contribution in [3.05, 3.63) is 46.6 Å². The zero-order valence-electron chi connectivity index (χ0n) is 11.9. The van der Waals surface area contributed by atoms with Crippen molar-refractivity contribution in [2.45, 2.75) is 0 Å². The van der Waals surface area contributed by atoms with Crippen molar-refractivity contribution in [3.8, 4) is 23.6 Å². The quantitative estimate of drug-likeness (QED) is 0.688. The Morgan fingerprint density at radius 1 is 0.870 bits per heavy atom. The smallest absolute Gasteiger partial charge is 0.200 e. The summed E-state index contributed by atoms with van der Waals surface area (Å²) in [5.74, 6) is 0.884. The average molecular weight is 306 g/mol. The van der Waals surface area contributed by atoms with Gasteiger partial charge >= 0.3 is 0 Å². The molecule has 6 heteroatoms. The first-order chi connectivity index (χ1) is 11.2. The summed E-state index contributed by atoms with van der Waals surface area (Å²) >= 11 is 0. The molecule has 1 aromatic heterocycles. The third-order valence-electron chi connectivity index (χ3n) is 3.22. The van der Waals surface area contributed by atoms with Crippen molar-refractivity contribution in [2.24, 2.45) is 0 Å². The topological polar surface area (TPSA) is 96.2 Å². The molecule has 3 aromatic rings. The minimum atomic E-state index is -0.199. The molecule has 23 heavy (non-hydrogen) atoms. The largest absolute Gasteiger partial charge is 0.479 e. The zero-order valence-corrected chi connectivity index (χ0v) is 11.9. The van der Waals surface area contributed by atoms with E-state index in [1.165, 1.54) is 0 Å². The molecule has 2 aromatic carbocycles. The third-order valence-corrected chi connectivity index (χ3v) is 3.22. The lowest BCUT2D eigenvalue weighted by atomic mass is 10.1. The van der Waals surface area contributed by atoms with Crippen molar-refractivity contribution in [3.63, 3.8) is 0 Å². The lowest BCUT2D eigenvalue weighted by Gasteiger charge is -2.06. The van der Waals surface area contributed by atoms with E-state index in [1.807, 2.05) is 12.1 Å². The normalized spacial score (nSPS) is 10.2. The van der Waals surface area contributed by atoms with Gasteiger partial charge in [0.05, 0.1) is 10.8 Å². The molecule has 112 valence electrons. The molecule has 0 atom stereocenters. The predicted octanol–water partition coefficient (Wildman–Crippen LogP) is 2.75. The van der Waals surface area contributed by atoms with E-state index in [2.05, 4.69) is 0 Å². The molecule has 0 amide bonds. The summed E-state index contributed by atoms with van der Waals surface area (Å²) in [5.41, 5.74) is 0.586. The van der Waals surface area contributed by atoms with Gasteiger partial charge in [0.2, 0.25) is 5.43 Å². The van der Waals surface area contributed by atoms with Crippen LogP contribution >= 0.6 is 0 Å². The van der Waals surface area contributed by atoms with Gasteiger partial charge in [0, 0.05) is 6.07 Å². The summed E-state index contributed by atoms with van der Waals surface area (Å²) in [6.45, 7) is -0.174. The monoisotopic (exact) mass is 306 g/mol. The first kappa shape index (κ1) is 14.4. The molecule has 0 aliphatic carbocycles. The van der Waals surface area contributed by atoms with Gasteiger partial charge in [-0.2, -0.15) is 10.5 Å². The Hall–Kier alpha value is -3.51. The van der Waals surface area contributed by atoms with E-state index >= 15 is 0 Å². The Morgan fingerprint density at radius 2 is 1.52 bits per heavy atom. The summed E-state index contributed by atoms with van der Waals surface area (Å²) in [6.07, 6.45) is 0. The molecule has 6 nitrogen and oxygen atoms in total. The molecule has 0 spiro atoms. The second kappa shape index (κ2) is 6.08. The van der Waals surface area contributed by atoms with Gasteiger partial charge in [-0.05, 0) is 30.3 Å². The van der Waals surface area contributed by atoms with Crippen LogP contribution in [0.2, 0.25) is 0 Å². The van der Waals surface area contributed by atoms with Crippen molar-refractivity contribution < 1.29 is 13.9 Å². The van der Waals surface area contributed by atoms with Crippen LogP contribution in [-0.2, 0) is 0 Å². The number of rotatable bonds is 4. The molecule has 0 unspecified atom stereocenters. The van der Waals surface area contributed by atoms with Crippen LogP contribution in [0.1, 0.15) is 0 Å². The molecule has 0 radical (unpaired) electrons. The molecule has 0 bridgehead atoms. The second-order valence-electron chi connectivity index (χ2n) is 4.64. The number of fused-ring (bicyclic) bond motifs is 2. The lowest BCUT2D eigenvalue weighted by Crippen LogP contribution is -2.03. The SMILES string of the molecule is N#CCOc1ccc2c(=O)c3cc(OCC#N)ccc3oc2c1. The number of ether oxygens (including phenoxy) is 2. The Balaban J connectivity index is 2.13. The Kier molecular flexibility index (Phi) is 3.82.